The van der Waals surface area contributed by atoms with E-state index < -0.39 is 22.0 Å². The molecule has 2 N–H and O–H groups in total. The lowest BCUT2D eigenvalue weighted by molar-refractivity contribution is -0.123. The molecule has 2 aromatic carbocycles. The van der Waals surface area contributed by atoms with Crippen LogP contribution in [0.1, 0.15) is 18.1 Å². The van der Waals surface area contributed by atoms with Crippen LogP contribution in [0.3, 0.4) is 0 Å². The van der Waals surface area contributed by atoms with E-state index in [1.807, 2.05) is 6.92 Å². The maximum absolute atomic E-state index is 12.7. The van der Waals surface area contributed by atoms with E-state index in [1.54, 1.807) is 50.2 Å². The van der Waals surface area contributed by atoms with Crippen molar-refractivity contribution in [3.05, 3.63) is 47.5 Å². The van der Waals surface area contributed by atoms with Crippen LogP contribution in [0.15, 0.2) is 41.3 Å². The second kappa shape index (κ2) is 7.58. The molecule has 1 heterocycles. The van der Waals surface area contributed by atoms with Gasteiger partial charge in [0.15, 0.2) is 6.10 Å². The topological polar surface area (TPSA) is 93.7 Å². The fourth-order valence-corrected chi connectivity index (χ4v) is 4.19. The first-order chi connectivity index (χ1) is 12.8. The van der Waals surface area contributed by atoms with Crippen molar-refractivity contribution in [2.75, 3.05) is 18.5 Å². The summed E-state index contributed by atoms with van der Waals surface area (Å²) in [6, 6.07) is 10.3. The van der Waals surface area contributed by atoms with Crippen LogP contribution in [0.5, 0.6) is 11.5 Å². The van der Waals surface area contributed by atoms with Gasteiger partial charge in [0.25, 0.3) is 5.91 Å². The maximum atomic E-state index is 12.7. The van der Waals surface area contributed by atoms with E-state index in [4.69, 9.17) is 9.47 Å². The normalized spacial score (nSPS) is 16.3. The molecule has 0 aliphatic carbocycles. The van der Waals surface area contributed by atoms with Crippen LogP contribution in [-0.2, 0) is 14.8 Å². The number of benzene rings is 2. The summed E-state index contributed by atoms with van der Waals surface area (Å²) in [4.78, 5) is 12.3. The molecular weight excluding hydrogens is 368 g/mol. The Bertz CT molecular complexity index is 972. The average Bonchev–Trinajstić information content (AvgIpc) is 2.63. The number of sulfonamides is 1. The van der Waals surface area contributed by atoms with E-state index in [1.165, 1.54) is 0 Å². The zero-order valence-corrected chi connectivity index (χ0v) is 16.2. The van der Waals surface area contributed by atoms with E-state index in [2.05, 4.69) is 10.0 Å². The lowest BCUT2D eigenvalue weighted by Crippen LogP contribution is -2.45. The molecule has 1 aliphatic rings. The molecule has 0 bridgehead atoms. The number of fused-ring (bicyclic) bond motifs is 1. The number of carbonyl (C=O) groups is 1. The van der Waals surface area contributed by atoms with Crippen molar-refractivity contribution in [3.8, 4) is 11.5 Å². The van der Waals surface area contributed by atoms with Crippen molar-refractivity contribution < 1.29 is 22.7 Å². The van der Waals surface area contributed by atoms with E-state index >= 15 is 0 Å². The number of aryl methyl sites for hydroxylation is 2. The van der Waals surface area contributed by atoms with Crippen molar-refractivity contribution in [2.24, 2.45) is 0 Å². The zero-order valence-electron chi connectivity index (χ0n) is 15.4. The van der Waals surface area contributed by atoms with Gasteiger partial charge in [-0.05, 0) is 56.2 Å². The Hall–Kier alpha value is -2.58. The van der Waals surface area contributed by atoms with Crippen molar-refractivity contribution in [3.63, 3.8) is 0 Å². The second-order valence-corrected chi connectivity index (χ2v) is 8.00. The predicted molar refractivity (Wildman–Crippen MR) is 102 cm³/mol. The average molecular weight is 390 g/mol. The van der Waals surface area contributed by atoms with Gasteiger partial charge in [0.05, 0.1) is 23.7 Å². The van der Waals surface area contributed by atoms with Gasteiger partial charge < -0.3 is 14.8 Å². The smallest absolute Gasteiger partial charge is 0.266 e. The molecule has 1 aliphatic heterocycles. The summed E-state index contributed by atoms with van der Waals surface area (Å²) in [6.07, 6.45) is -0.946. The lowest BCUT2D eigenvalue weighted by atomic mass is 10.1. The van der Waals surface area contributed by atoms with Gasteiger partial charge in [0, 0.05) is 0 Å². The molecule has 1 amide bonds. The van der Waals surface area contributed by atoms with Gasteiger partial charge in [-0.1, -0.05) is 12.1 Å². The first-order valence-electron chi connectivity index (χ1n) is 8.62. The first kappa shape index (κ1) is 19.2. The molecule has 7 nitrogen and oxygen atoms in total. The van der Waals surface area contributed by atoms with Gasteiger partial charge >= 0.3 is 0 Å². The summed E-state index contributed by atoms with van der Waals surface area (Å²) in [7, 11) is -3.81. The summed E-state index contributed by atoms with van der Waals surface area (Å²) in [5.41, 5.74) is 1.86. The number of hydrogen-bond acceptors (Lipinski definition) is 5. The molecular formula is C19H22N2O5S. The number of para-hydroxylation sites is 2. The minimum atomic E-state index is -3.81. The summed E-state index contributed by atoms with van der Waals surface area (Å²) < 4.78 is 39.1. The highest BCUT2D eigenvalue weighted by Gasteiger charge is 2.29. The Balaban J connectivity index is 1.76. The molecule has 0 radical (unpaired) electrons. The third kappa shape index (κ3) is 4.06. The SMILES string of the molecule is CCOc1cc(C)c(S(=O)(=O)NCC2Oc3ccccc3NC2=O)cc1C. The van der Waals surface area contributed by atoms with Gasteiger partial charge in [-0.2, -0.15) is 0 Å². The van der Waals surface area contributed by atoms with Crippen molar-refractivity contribution in [2.45, 2.75) is 31.8 Å². The largest absolute Gasteiger partial charge is 0.494 e. The Morgan fingerprint density at radius 2 is 1.93 bits per heavy atom. The fraction of sp³-hybridized carbons (Fsp3) is 0.316. The fourth-order valence-electron chi connectivity index (χ4n) is 2.85. The molecule has 0 fully saturated rings. The summed E-state index contributed by atoms with van der Waals surface area (Å²) in [5.74, 6) is 0.769. The van der Waals surface area contributed by atoms with Crippen LogP contribution in [0.25, 0.3) is 0 Å². The second-order valence-electron chi connectivity index (χ2n) is 6.26. The van der Waals surface area contributed by atoms with Crippen molar-refractivity contribution in [1.82, 2.24) is 4.72 Å². The molecule has 27 heavy (non-hydrogen) atoms. The third-order valence-electron chi connectivity index (χ3n) is 4.23. The summed E-state index contributed by atoms with van der Waals surface area (Å²) in [5, 5.41) is 2.71. The number of rotatable bonds is 6. The molecule has 144 valence electrons. The Morgan fingerprint density at radius 1 is 1.19 bits per heavy atom. The first-order valence-corrected chi connectivity index (χ1v) is 10.1. The standard InChI is InChI=1S/C19H22N2O5S/c1-4-25-16-9-13(3)18(10-12(16)2)27(23,24)20-11-17-19(22)21-14-7-5-6-8-15(14)26-17/h5-10,17,20H,4,11H2,1-3H3,(H,21,22). The van der Waals surface area contributed by atoms with Crippen molar-refractivity contribution >= 4 is 21.6 Å². The van der Waals surface area contributed by atoms with Gasteiger partial charge in [-0.3, -0.25) is 4.79 Å². The molecule has 0 spiro atoms. The van der Waals surface area contributed by atoms with Gasteiger partial charge in [0.1, 0.15) is 11.5 Å². The number of carbonyl (C=O) groups excluding carboxylic acids is 1. The van der Waals surface area contributed by atoms with Crippen LogP contribution in [0.4, 0.5) is 5.69 Å². The van der Waals surface area contributed by atoms with Gasteiger partial charge in [-0.15, -0.1) is 0 Å². The van der Waals surface area contributed by atoms with Gasteiger partial charge in [-0.25, -0.2) is 13.1 Å². The maximum Gasteiger partial charge on any atom is 0.266 e. The Morgan fingerprint density at radius 3 is 2.67 bits per heavy atom. The number of ether oxygens (including phenoxy) is 2. The number of amides is 1. The van der Waals surface area contributed by atoms with Gasteiger partial charge in [0.2, 0.25) is 10.0 Å². The van der Waals surface area contributed by atoms with Crippen LogP contribution >= 0.6 is 0 Å². The highest BCUT2D eigenvalue weighted by Crippen LogP contribution is 2.29. The van der Waals surface area contributed by atoms with E-state index in [0.29, 0.717) is 29.4 Å². The van der Waals surface area contributed by atoms with Crippen LogP contribution < -0.4 is 19.5 Å². The molecule has 1 unspecified atom stereocenters. The number of anilines is 1. The van der Waals surface area contributed by atoms with Crippen LogP contribution in [0.2, 0.25) is 0 Å². The highest BCUT2D eigenvalue weighted by molar-refractivity contribution is 7.89. The minimum Gasteiger partial charge on any atom is -0.494 e. The monoisotopic (exact) mass is 390 g/mol. The molecule has 0 saturated carbocycles. The van der Waals surface area contributed by atoms with Crippen LogP contribution in [0, 0.1) is 13.8 Å². The third-order valence-corrected chi connectivity index (χ3v) is 5.79. The van der Waals surface area contributed by atoms with Crippen molar-refractivity contribution in [1.29, 1.82) is 0 Å². The van der Waals surface area contributed by atoms with E-state index in [9.17, 15) is 13.2 Å². The molecule has 0 saturated heterocycles. The number of nitrogens with one attached hydrogen (secondary N) is 2. The molecule has 8 heteroatoms. The molecule has 1 atom stereocenters. The molecule has 3 rings (SSSR count). The zero-order chi connectivity index (χ0) is 19.6. The molecule has 0 aromatic heterocycles. The van der Waals surface area contributed by atoms with E-state index in [-0.39, 0.29) is 11.4 Å². The lowest BCUT2D eigenvalue weighted by Gasteiger charge is -2.26. The Kier molecular flexibility index (Phi) is 5.38. The highest BCUT2D eigenvalue weighted by atomic mass is 32.2. The number of hydrogen-bond donors (Lipinski definition) is 2. The minimum absolute atomic E-state index is 0.153. The Labute approximate surface area is 158 Å². The van der Waals surface area contributed by atoms with E-state index in [0.717, 1.165) is 5.56 Å². The molecule has 2 aromatic rings. The van der Waals surface area contributed by atoms with Crippen LogP contribution in [-0.4, -0.2) is 33.6 Å². The summed E-state index contributed by atoms with van der Waals surface area (Å²) in [6.45, 7) is 5.69. The predicted octanol–water partition coefficient (Wildman–Crippen LogP) is 2.38. The summed E-state index contributed by atoms with van der Waals surface area (Å²) >= 11 is 0. The quantitative estimate of drug-likeness (QED) is 0.790.